The van der Waals surface area contributed by atoms with Gasteiger partial charge in [0.05, 0.1) is 17.6 Å². The summed E-state index contributed by atoms with van der Waals surface area (Å²) in [5.74, 6) is -4.37. The number of hydrogen-bond donors (Lipinski definition) is 0. The molecule has 0 N–H and O–H groups in total. The second kappa shape index (κ2) is 13.0. The number of esters is 2. The van der Waals surface area contributed by atoms with E-state index >= 15 is 0 Å². The highest BCUT2D eigenvalue weighted by atomic mass is 32.1. The van der Waals surface area contributed by atoms with E-state index in [4.69, 9.17) is 4.74 Å². The number of likely N-dealkylation sites (tertiary alicyclic amines) is 1. The van der Waals surface area contributed by atoms with Gasteiger partial charge in [0.25, 0.3) is 0 Å². The fourth-order valence-corrected chi connectivity index (χ4v) is 5.57. The molecule has 0 aliphatic carbocycles. The number of halogens is 6. The lowest BCUT2D eigenvalue weighted by Gasteiger charge is -2.31. The highest BCUT2D eigenvalue weighted by Gasteiger charge is 2.43. The molecule has 1 fully saturated rings. The molecular formula is C29H29F6N3O4S. The molecular weight excluding hydrogens is 600 g/mol. The van der Waals surface area contributed by atoms with Crippen LogP contribution in [0.4, 0.5) is 26.3 Å². The van der Waals surface area contributed by atoms with Crippen molar-refractivity contribution in [3.05, 3.63) is 53.1 Å². The molecule has 43 heavy (non-hydrogen) atoms. The van der Waals surface area contributed by atoms with Crippen LogP contribution in [0.5, 0.6) is 5.75 Å². The number of piperidine rings is 1. The maximum absolute atomic E-state index is 13.8. The molecule has 0 spiro atoms. The smallest absolute Gasteiger partial charge is 0.490 e. The fraction of sp³-hybridized carbons (Fsp3) is 0.448. The van der Waals surface area contributed by atoms with Crippen LogP contribution in [0.1, 0.15) is 50.3 Å². The summed E-state index contributed by atoms with van der Waals surface area (Å²) in [5, 5.41) is 0.321. The third-order valence-corrected chi connectivity index (χ3v) is 7.69. The van der Waals surface area contributed by atoms with Crippen LogP contribution in [0, 0.1) is 5.92 Å². The number of rotatable bonds is 8. The van der Waals surface area contributed by atoms with Gasteiger partial charge >= 0.3 is 24.3 Å². The molecule has 2 heterocycles. The molecule has 7 nitrogen and oxygen atoms in total. The van der Waals surface area contributed by atoms with Crippen LogP contribution in [0.25, 0.3) is 22.0 Å². The summed E-state index contributed by atoms with van der Waals surface area (Å²) < 4.78 is 92.3. The Labute approximate surface area is 248 Å². The summed E-state index contributed by atoms with van der Waals surface area (Å²) in [6.45, 7) is 6.56. The van der Waals surface area contributed by atoms with Crippen LogP contribution in [-0.2, 0) is 33.5 Å². The maximum atomic E-state index is 13.8. The average Bonchev–Trinajstić information content (AvgIpc) is 3.42. The highest BCUT2D eigenvalue weighted by molar-refractivity contribution is 7.09. The van der Waals surface area contributed by atoms with Crippen molar-refractivity contribution in [2.45, 2.75) is 65.0 Å². The van der Waals surface area contributed by atoms with Crippen molar-refractivity contribution >= 4 is 23.5 Å². The van der Waals surface area contributed by atoms with Gasteiger partial charge in [-0.3, -0.25) is 9.69 Å². The van der Waals surface area contributed by atoms with Gasteiger partial charge in [0, 0.05) is 17.7 Å². The largest absolute Gasteiger partial charge is 0.491 e. The van der Waals surface area contributed by atoms with Gasteiger partial charge in [0.15, 0.2) is 5.82 Å². The Bertz CT molecular complexity index is 1460. The summed E-state index contributed by atoms with van der Waals surface area (Å²) in [5.41, 5.74) is 2.01. The highest BCUT2D eigenvalue weighted by Crippen LogP contribution is 2.40. The number of benzene rings is 2. The van der Waals surface area contributed by atoms with Crippen molar-refractivity contribution in [3.63, 3.8) is 0 Å². The molecule has 232 valence electrons. The standard InChI is InChI=1S/C29H29F6N3O4S/c1-4-20-19(15-38-12-10-17(11-13-38)26(39)42-27(40)29(33,34)35)6-5-7-21(20)24-36-25(43-37-24)18-8-9-23(41-16(2)3)22(14-18)28(30,31)32/h5-9,14,16-17H,4,10-13,15H2,1-3H3. The number of nitrogens with zero attached hydrogens (tertiary/aromatic N) is 3. The van der Waals surface area contributed by atoms with Crippen molar-refractivity contribution in [1.82, 2.24) is 14.3 Å². The monoisotopic (exact) mass is 629 g/mol. The van der Waals surface area contributed by atoms with Crippen LogP contribution < -0.4 is 4.74 Å². The van der Waals surface area contributed by atoms with Gasteiger partial charge in [0.1, 0.15) is 10.8 Å². The molecule has 0 unspecified atom stereocenters. The van der Waals surface area contributed by atoms with Crippen molar-refractivity contribution in [3.8, 4) is 27.7 Å². The summed E-state index contributed by atoms with van der Waals surface area (Å²) in [4.78, 5) is 29.6. The second-order valence-electron chi connectivity index (χ2n) is 10.4. The molecule has 2 aromatic carbocycles. The molecule has 4 rings (SSSR count). The quantitative estimate of drug-likeness (QED) is 0.150. The molecule has 1 aromatic heterocycles. The molecule has 0 bridgehead atoms. The van der Waals surface area contributed by atoms with Crippen LogP contribution in [0.15, 0.2) is 36.4 Å². The fourth-order valence-electron chi connectivity index (χ4n) is 4.90. The van der Waals surface area contributed by atoms with E-state index in [1.54, 1.807) is 13.8 Å². The minimum atomic E-state index is -5.23. The third-order valence-electron chi connectivity index (χ3n) is 6.93. The number of carbonyl (C=O) groups is 2. The second-order valence-corrected chi connectivity index (χ2v) is 11.1. The molecule has 3 aromatic rings. The van der Waals surface area contributed by atoms with E-state index in [2.05, 4.69) is 14.1 Å². The lowest BCUT2D eigenvalue weighted by atomic mass is 9.94. The summed E-state index contributed by atoms with van der Waals surface area (Å²) >= 11 is 0.988. The first-order valence-electron chi connectivity index (χ1n) is 13.6. The van der Waals surface area contributed by atoms with E-state index in [9.17, 15) is 35.9 Å². The topological polar surface area (TPSA) is 81.6 Å². The Morgan fingerprint density at radius 3 is 2.37 bits per heavy atom. The molecule has 1 aliphatic rings. The van der Waals surface area contributed by atoms with E-state index in [1.165, 1.54) is 12.1 Å². The van der Waals surface area contributed by atoms with Gasteiger partial charge in [-0.05, 0) is 87.1 Å². The zero-order valence-corrected chi connectivity index (χ0v) is 24.3. The Balaban J connectivity index is 1.49. The molecule has 0 radical (unpaired) electrons. The molecule has 0 atom stereocenters. The zero-order chi connectivity index (χ0) is 31.5. The summed E-state index contributed by atoms with van der Waals surface area (Å²) in [7, 11) is 0. The van der Waals surface area contributed by atoms with E-state index in [0.717, 1.165) is 34.3 Å². The van der Waals surface area contributed by atoms with Gasteiger partial charge in [-0.25, -0.2) is 9.78 Å². The predicted octanol–water partition coefficient (Wildman–Crippen LogP) is 7.08. The van der Waals surface area contributed by atoms with E-state index in [0.29, 0.717) is 36.9 Å². The number of aromatic nitrogens is 2. The number of hydrogen-bond acceptors (Lipinski definition) is 8. The van der Waals surface area contributed by atoms with Gasteiger partial charge in [0.2, 0.25) is 0 Å². The summed E-state index contributed by atoms with van der Waals surface area (Å²) in [6, 6.07) is 9.42. The predicted molar refractivity (Wildman–Crippen MR) is 146 cm³/mol. The maximum Gasteiger partial charge on any atom is 0.491 e. The van der Waals surface area contributed by atoms with Crippen molar-refractivity contribution in [2.24, 2.45) is 5.92 Å². The third kappa shape index (κ3) is 7.91. The SMILES string of the molecule is CCc1c(CN2CCC(C(=O)OC(=O)C(F)(F)F)CC2)cccc1-c1nsc(-c2ccc(OC(C)C)c(C(F)(F)F)c2)n1. The van der Waals surface area contributed by atoms with Crippen molar-refractivity contribution in [1.29, 1.82) is 0 Å². The van der Waals surface area contributed by atoms with Crippen LogP contribution in [-0.4, -0.2) is 51.6 Å². The zero-order valence-electron chi connectivity index (χ0n) is 23.5. The minimum Gasteiger partial charge on any atom is -0.490 e. The van der Waals surface area contributed by atoms with Crippen LogP contribution in [0.3, 0.4) is 0 Å². The first-order valence-corrected chi connectivity index (χ1v) is 14.3. The lowest BCUT2D eigenvalue weighted by Crippen LogP contribution is -2.38. The molecule has 0 amide bonds. The number of ether oxygens (including phenoxy) is 2. The summed E-state index contributed by atoms with van der Waals surface area (Å²) in [6.07, 6.45) is -9.19. The van der Waals surface area contributed by atoms with Crippen LogP contribution >= 0.6 is 11.5 Å². The van der Waals surface area contributed by atoms with Crippen LogP contribution in [0.2, 0.25) is 0 Å². The first-order chi connectivity index (χ1) is 20.2. The Kier molecular flexibility index (Phi) is 9.79. The average molecular weight is 630 g/mol. The molecule has 1 saturated heterocycles. The van der Waals surface area contributed by atoms with Crippen molar-refractivity contribution < 1.29 is 45.4 Å². The Hall–Kier alpha value is -3.52. The van der Waals surface area contributed by atoms with Gasteiger partial charge in [-0.15, -0.1) is 0 Å². The van der Waals surface area contributed by atoms with Gasteiger partial charge in [-0.2, -0.15) is 30.7 Å². The van der Waals surface area contributed by atoms with Crippen molar-refractivity contribution in [2.75, 3.05) is 13.1 Å². The van der Waals surface area contributed by atoms with Gasteiger partial charge in [-0.1, -0.05) is 25.1 Å². The van der Waals surface area contributed by atoms with E-state index < -0.39 is 41.9 Å². The van der Waals surface area contributed by atoms with E-state index in [-0.39, 0.29) is 24.2 Å². The molecule has 14 heteroatoms. The lowest BCUT2D eigenvalue weighted by molar-refractivity contribution is -0.203. The Morgan fingerprint density at radius 2 is 1.77 bits per heavy atom. The molecule has 1 aliphatic heterocycles. The number of carbonyl (C=O) groups excluding carboxylic acids is 2. The first kappa shape index (κ1) is 32.4. The Morgan fingerprint density at radius 1 is 1.07 bits per heavy atom. The van der Waals surface area contributed by atoms with E-state index in [1.807, 2.05) is 30.0 Å². The normalized spacial score (nSPS) is 15.1. The number of alkyl halides is 6. The molecule has 0 saturated carbocycles. The minimum absolute atomic E-state index is 0.239. The van der Waals surface area contributed by atoms with Gasteiger partial charge < -0.3 is 9.47 Å².